The quantitative estimate of drug-likeness (QED) is 0.735. The molecule has 0 saturated heterocycles. The van der Waals surface area contributed by atoms with Crippen molar-refractivity contribution in [2.24, 2.45) is 0 Å². The van der Waals surface area contributed by atoms with E-state index in [-0.39, 0.29) is 0 Å². The van der Waals surface area contributed by atoms with E-state index in [4.69, 9.17) is 0 Å². The van der Waals surface area contributed by atoms with E-state index in [1.54, 1.807) is 16.8 Å². The highest BCUT2D eigenvalue weighted by Crippen LogP contribution is 2.35. The Kier molecular flexibility index (Phi) is 1.52. The van der Waals surface area contributed by atoms with Crippen molar-refractivity contribution in [2.75, 3.05) is 0 Å². The molecule has 66 valence electrons. The van der Waals surface area contributed by atoms with Gasteiger partial charge >= 0.3 is 0 Å². The maximum absolute atomic E-state index is 4.03. The van der Waals surface area contributed by atoms with Gasteiger partial charge in [0.15, 0.2) is 0 Å². The molecule has 0 spiro atoms. The van der Waals surface area contributed by atoms with Crippen molar-refractivity contribution in [3.8, 4) is 10.6 Å². The van der Waals surface area contributed by atoms with Crippen molar-refractivity contribution in [1.29, 1.82) is 0 Å². The topological polar surface area (TPSA) is 28.7 Å². The molecule has 2 heterocycles. The van der Waals surface area contributed by atoms with Gasteiger partial charge in [0.25, 0.3) is 0 Å². The Bertz CT molecular complexity index is 393. The van der Waals surface area contributed by atoms with E-state index in [1.165, 1.54) is 24.1 Å². The molecule has 1 N–H and O–H groups in total. The zero-order valence-electron chi connectivity index (χ0n) is 7.21. The van der Waals surface area contributed by atoms with Gasteiger partial charge in [0.2, 0.25) is 0 Å². The van der Waals surface area contributed by atoms with Crippen molar-refractivity contribution in [2.45, 2.75) is 19.3 Å². The summed E-state index contributed by atoms with van der Waals surface area (Å²) in [7, 11) is 0. The number of fused-ring (bicyclic) bond motifs is 1. The Morgan fingerprint density at radius 1 is 1.38 bits per heavy atom. The molecule has 0 bridgehead atoms. The number of rotatable bonds is 1. The van der Waals surface area contributed by atoms with Gasteiger partial charge in [-0.3, -0.25) is 0 Å². The van der Waals surface area contributed by atoms with Gasteiger partial charge in [0, 0.05) is 4.88 Å². The Balaban J connectivity index is 2.08. The van der Waals surface area contributed by atoms with Crippen molar-refractivity contribution < 1.29 is 0 Å². The largest absolute Gasteiger partial charge is 0.344 e. The van der Waals surface area contributed by atoms with Gasteiger partial charge in [0.05, 0.1) is 23.1 Å². The van der Waals surface area contributed by atoms with Gasteiger partial charge in [-0.05, 0) is 30.9 Å². The lowest BCUT2D eigenvalue weighted by Gasteiger charge is -1.89. The average Bonchev–Trinajstić information content (AvgIpc) is 2.78. The monoisotopic (exact) mass is 190 g/mol. The average molecular weight is 190 g/mol. The van der Waals surface area contributed by atoms with Crippen LogP contribution >= 0.6 is 11.3 Å². The number of aryl methyl sites for hydroxylation is 2. The van der Waals surface area contributed by atoms with E-state index in [1.807, 2.05) is 17.5 Å². The molecule has 0 unspecified atom stereocenters. The second-order valence-electron chi connectivity index (χ2n) is 3.38. The number of nitrogens with one attached hydrogen (secondary N) is 1. The van der Waals surface area contributed by atoms with Crippen LogP contribution in [0.5, 0.6) is 0 Å². The van der Waals surface area contributed by atoms with Crippen LogP contribution in [0.1, 0.15) is 16.9 Å². The molecule has 1 aliphatic carbocycles. The Labute approximate surface area is 80.6 Å². The van der Waals surface area contributed by atoms with E-state index in [0.717, 1.165) is 5.69 Å². The van der Waals surface area contributed by atoms with Crippen molar-refractivity contribution >= 4 is 11.3 Å². The number of H-pyrrole nitrogens is 1. The molecule has 0 saturated carbocycles. The summed E-state index contributed by atoms with van der Waals surface area (Å²) in [6.07, 6.45) is 7.50. The van der Waals surface area contributed by atoms with Crippen LogP contribution in [-0.2, 0) is 12.8 Å². The third-order valence-electron chi connectivity index (χ3n) is 2.51. The third kappa shape index (κ3) is 1.11. The molecule has 2 aromatic rings. The number of hydrogen-bond acceptors (Lipinski definition) is 2. The number of aromatic nitrogens is 2. The van der Waals surface area contributed by atoms with Crippen LogP contribution in [0.2, 0.25) is 0 Å². The molecule has 3 heteroatoms. The van der Waals surface area contributed by atoms with Crippen LogP contribution in [0.4, 0.5) is 0 Å². The molecule has 0 aromatic carbocycles. The van der Waals surface area contributed by atoms with Crippen LogP contribution in [0.25, 0.3) is 10.6 Å². The van der Waals surface area contributed by atoms with E-state index >= 15 is 0 Å². The molecule has 2 aromatic heterocycles. The van der Waals surface area contributed by atoms with E-state index in [2.05, 4.69) is 16.0 Å². The van der Waals surface area contributed by atoms with Gasteiger partial charge in [-0.2, -0.15) is 0 Å². The van der Waals surface area contributed by atoms with E-state index in [9.17, 15) is 0 Å². The van der Waals surface area contributed by atoms with Crippen LogP contribution in [0, 0.1) is 0 Å². The minimum absolute atomic E-state index is 1.15. The third-order valence-corrected chi connectivity index (χ3v) is 3.78. The van der Waals surface area contributed by atoms with Gasteiger partial charge in [-0.1, -0.05) is 0 Å². The first kappa shape index (κ1) is 7.33. The maximum Gasteiger partial charge on any atom is 0.0924 e. The van der Waals surface area contributed by atoms with Gasteiger partial charge in [-0.15, -0.1) is 11.3 Å². The second kappa shape index (κ2) is 2.70. The summed E-state index contributed by atoms with van der Waals surface area (Å²) in [5.41, 5.74) is 2.70. The van der Waals surface area contributed by atoms with E-state index < -0.39 is 0 Å². The SMILES string of the molecule is c1ncc(-c2cc3c(s2)CCC3)[nH]1. The predicted molar refractivity (Wildman–Crippen MR) is 53.9 cm³/mol. The summed E-state index contributed by atoms with van der Waals surface area (Å²) >= 11 is 1.91. The number of nitrogens with zero attached hydrogens (tertiary/aromatic N) is 1. The Hall–Kier alpha value is -1.09. The fourth-order valence-corrected chi connectivity index (χ4v) is 3.08. The van der Waals surface area contributed by atoms with Gasteiger partial charge in [-0.25, -0.2) is 4.98 Å². The molecule has 2 nitrogen and oxygen atoms in total. The molecular formula is C10H10N2S. The molecule has 0 fully saturated rings. The van der Waals surface area contributed by atoms with Crippen molar-refractivity contribution in [3.63, 3.8) is 0 Å². The van der Waals surface area contributed by atoms with Crippen LogP contribution in [0.3, 0.4) is 0 Å². The van der Waals surface area contributed by atoms with Gasteiger partial charge < -0.3 is 4.98 Å². The zero-order chi connectivity index (χ0) is 8.67. The van der Waals surface area contributed by atoms with Crippen LogP contribution in [-0.4, -0.2) is 9.97 Å². The highest BCUT2D eigenvalue weighted by Gasteiger charge is 2.15. The summed E-state index contributed by atoms with van der Waals surface area (Å²) < 4.78 is 0. The number of imidazole rings is 1. The van der Waals surface area contributed by atoms with Crippen molar-refractivity contribution in [1.82, 2.24) is 9.97 Å². The number of hydrogen-bond donors (Lipinski definition) is 1. The molecule has 1 aliphatic rings. The van der Waals surface area contributed by atoms with Gasteiger partial charge in [0.1, 0.15) is 0 Å². The number of thiophene rings is 1. The molecule has 3 rings (SSSR count). The minimum Gasteiger partial charge on any atom is -0.344 e. The fraction of sp³-hybridized carbons (Fsp3) is 0.300. The lowest BCUT2D eigenvalue weighted by Crippen LogP contribution is -1.72. The molecule has 0 atom stereocenters. The highest BCUT2D eigenvalue weighted by atomic mass is 32.1. The lowest BCUT2D eigenvalue weighted by atomic mass is 10.2. The molecule has 0 radical (unpaired) electrons. The lowest BCUT2D eigenvalue weighted by molar-refractivity contribution is 0.915. The predicted octanol–water partition coefficient (Wildman–Crippen LogP) is 2.63. The second-order valence-corrected chi connectivity index (χ2v) is 4.51. The van der Waals surface area contributed by atoms with Crippen LogP contribution in [0.15, 0.2) is 18.6 Å². The molecular weight excluding hydrogens is 180 g/mol. The first-order valence-electron chi connectivity index (χ1n) is 4.54. The number of aromatic amines is 1. The molecule has 0 amide bonds. The summed E-state index contributed by atoms with van der Waals surface area (Å²) in [6, 6.07) is 2.31. The van der Waals surface area contributed by atoms with E-state index in [0.29, 0.717) is 0 Å². The molecule has 0 aliphatic heterocycles. The minimum atomic E-state index is 1.15. The molecule has 13 heavy (non-hydrogen) atoms. The fourth-order valence-electron chi connectivity index (χ4n) is 1.85. The Morgan fingerprint density at radius 3 is 3.15 bits per heavy atom. The van der Waals surface area contributed by atoms with Crippen molar-refractivity contribution in [3.05, 3.63) is 29.0 Å². The summed E-state index contributed by atoms with van der Waals surface area (Å²) in [5, 5.41) is 0. The highest BCUT2D eigenvalue weighted by molar-refractivity contribution is 7.15. The Morgan fingerprint density at radius 2 is 2.38 bits per heavy atom. The summed E-state index contributed by atoms with van der Waals surface area (Å²) in [4.78, 5) is 10.1. The summed E-state index contributed by atoms with van der Waals surface area (Å²) in [6.45, 7) is 0. The maximum atomic E-state index is 4.03. The summed E-state index contributed by atoms with van der Waals surface area (Å²) in [5.74, 6) is 0. The standard InChI is InChI=1S/C10H10N2S/c1-2-7-4-10(13-9(7)3-1)8-5-11-6-12-8/h4-6H,1-3H2,(H,11,12). The smallest absolute Gasteiger partial charge is 0.0924 e. The first-order valence-corrected chi connectivity index (χ1v) is 5.35. The zero-order valence-corrected chi connectivity index (χ0v) is 8.03. The van der Waals surface area contributed by atoms with Crippen LogP contribution < -0.4 is 0 Å². The normalized spacial score (nSPS) is 14.8. The first-order chi connectivity index (χ1) is 6.43.